The van der Waals surface area contributed by atoms with Crippen molar-refractivity contribution >= 4 is 5.91 Å². The summed E-state index contributed by atoms with van der Waals surface area (Å²) >= 11 is 0. The zero-order chi connectivity index (χ0) is 17.1. The first-order valence-corrected chi connectivity index (χ1v) is 9.40. The molecule has 0 saturated carbocycles. The fourth-order valence-electron chi connectivity index (χ4n) is 4.12. The Balaban J connectivity index is 1.52. The van der Waals surface area contributed by atoms with Gasteiger partial charge in [0.2, 0.25) is 5.91 Å². The van der Waals surface area contributed by atoms with Gasteiger partial charge in [-0.05, 0) is 42.7 Å². The lowest BCUT2D eigenvalue weighted by atomic mass is 9.95. The first-order chi connectivity index (χ1) is 11.5. The van der Waals surface area contributed by atoms with Crippen molar-refractivity contribution in [3.63, 3.8) is 0 Å². The minimum absolute atomic E-state index is 0.145. The molecule has 0 radical (unpaired) electrons. The summed E-state index contributed by atoms with van der Waals surface area (Å²) in [5.74, 6) is 0.612. The molecule has 0 bridgehead atoms. The van der Waals surface area contributed by atoms with E-state index in [1.54, 1.807) is 0 Å². The van der Waals surface area contributed by atoms with Gasteiger partial charge in [0.15, 0.2) is 0 Å². The smallest absolute Gasteiger partial charge is 0.239 e. The third kappa shape index (κ3) is 3.98. The summed E-state index contributed by atoms with van der Waals surface area (Å²) in [6, 6.07) is 9.06. The normalized spacial score (nSPS) is 20.9. The lowest BCUT2D eigenvalue weighted by molar-refractivity contribution is -0.134. The average Bonchev–Trinajstić information content (AvgIpc) is 2.60. The van der Waals surface area contributed by atoms with Crippen LogP contribution in [-0.2, 0) is 17.8 Å². The van der Waals surface area contributed by atoms with Gasteiger partial charge in [0, 0.05) is 32.2 Å². The van der Waals surface area contributed by atoms with Crippen molar-refractivity contribution in [2.24, 2.45) is 11.7 Å². The predicted octanol–water partition coefficient (Wildman–Crippen LogP) is 2.41. The maximum absolute atomic E-state index is 12.5. The van der Waals surface area contributed by atoms with Gasteiger partial charge in [-0.2, -0.15) is 0 Å². The summed E-state index contributed by atoms with van der Waals surface area (Å²) in [6.07, 6.45) is 4.07. The van der Waals surface area contributed by atoms with Crippen molar-refractivity contribution in [3.05, 3.63) is 35.4 Å². The third-order valence-electron chi connectivity index (χ3n) is 5.50. The van der Waals surface area contributed by atoms with Crippen molar-refractivity contribution in [1.29, 1.82) is 0 Å². The number of hydrogen-bond donors (Lipinski definition) is 1. The molecule has 4 heteroatoms. The van der Waals surface area contributed by atoms with E-state index in [-0.39, 0.29) is 11.9 Å². The summed E-state index contributed by atoms with van der Waals surface area (Å²) in [5, 5.41) is 0. The second-order valence-electron chi connectivity index (χ2n) is 7.78. The number of carbonyl (C=O) groups excluding carboxylic acids is 1. The van der Waals surface area contributed by atoms with E-state index in [9.17, 15) is 4.79 Å². The Hall–Kier alpha value is -1.39. The molecule has 132 valence electrons. The van der Waals surface area contributed by atoms with Gasteiger partial charge in [-0.25, -0.2) is 0 Å². The summed E-state index contributed by atoms with van der Waals surface area (Å²) in [4.78, 5) is 17.1. The molecule has 0 spiro atoms. The van der Waals surface area contributed by atoms with E-state index < -0.39 is 0 Å². The zero-order valence-corrected chi connectivity index (χ0v) is 15.1. The van der Waals surface area contributed by atoms with Crippen LogP contribution in [0.4, 0.5) is 0 Å². The molecule has 3 rings (SSSR count). The standard InChI is InChI=1S/C20H31N3O/c1-15(2)13-19(21)20(24)22-11-8-18(9-12-22)23-10-7-16-5-3-4-6-17(16)14-23/h3-6,15,18-19H,7-14,21H2,1-2H3/t19-/m0/s1. The van der Waals surface area contributed by atoms with Crippen LogP contribution in [0.1, 0.15) is 44.2 Å². The summed E-state index contributed by atoms with van der Waals surface area (Å²) < 4.78 is 0. The number of rotatable bonds is 4. The second-order valence-corrected chi connectivity index (χ2v) is 7.78. The first-order valence-electron chi connectivity index (χ1n) is 9.40. The summed E-state index contributed by atoms with van der Waals surface area (Å²) in [6.45, 7) is 8.15. The van der Waals surface area contributed by atoms with Gasteiger partial charge in [0.25, 0.3) is 0 Å². The lowest BCUT2D eigenvalue weighted by Crippen LogP contribution is -2.51. The van der Waals surface area contributed by atoms with Gasteiger partial charge in [-0.3, -0.25) is 9.69 Å². The minimum Gasteiger partial charge on any atom is -0.341 e. The molecular formula is C20H31N3O. The quantitative estimate of drug-likeness (QED) is 0.923. The van der Waals surface area contributed by atoms with E-state index in [4.69, 9.17) is 5.73 Å². The molecule has 0 unspecified atom stereocenters. The van der Waals surface area contributed by atoms with Gasteiger partial charge in [-0.1, -0.05) is 38.1 Å². The average molecular weight is 329 g/mol. The van der Waals surface area contributed by atoms with Crippen LogP contribution in [0.5, 0.6) is 0 Å². The molecule has 4 nitrogen and oxygen atoms in total. The molecule has 2 aliphatic heterocycles. The maximum Gasteiger partial charge on any atom is 0.239 e. The van der Waals surface area contributed by atoms with Crippen molar-refractivity contribution in [3.8, 4) is 0 Å². The van der Waals surface area contributed by atoms with E-state index in [1.807, 2.05) is 4.90 Å². The first kappa shape index (κ1) is 17.4. The fraction of sp³-hybridized carbons (Fsp3) is 0.650. The minimum atomic E-state index is -0.330. The van der Waals surface area contributed by atoms with Crippen LogP contribution in [-0.4, -0.2) is 47.4 Å². The van der Waals surface area contributed by atoms with Crippen LogP contribution >= 0.6 is 0 Å². The molecule has 2 N–H and O–H groups in total. The van der Waals surface area contributed by atoms with Crippen molar-refractivity contribution < 1.29 is 4.79 Å². The Morgan fingerprint density at radius 2 is 1.83 bits per heavy atom. The molecule has 2 aliphatic rings. The highest BCUT2D eigenvalue weighted by Crippen LogP contribution is 2.25. The topological polar surface area (TPSA) is 49.6 Å². The van der Waals surface area contributed by atoms with Crippen LogP contribution in [0.25, 0.3) is 0 Å². The summed E-state index contributed by atoms with van der Waals surface area (Å²) in [7, 11) is 0. The largest absolute Gasteiger partial charge is 0.341 e. The fourth-order valence-corrected chi connectivity index (χ4v) is 4.12. The van der Waals surface area contributed by atoms with Gasteiger partial charge in [0.05, 0.1) is 6.04 Å². The molecule has 2 heterocycles. The molecule has 1 fully saturated rings. The zero-order valence-electron chi connectivity index (χ0n) is 15.1. The molecule has 0 aromatic heterocycles. The number of amides is 1. The van der Waals surface area contributed by atoms with Crippen LogP contribution in [0.15, 0.2) is 24.3 Å². The Labute approximate surface area is 146 Å². The molecule has 1 saturated heterocycles. The van der Waals surface area contributed by atoms with Crippen molar-refractivity contribution in [2.75, 3.05) is 19.6 Å². The number of hydrogen-bond acceptors (Lipinski definition) is 3. The lowest BCUT2D eigenvalue weighted by Gasteiger charge is -2.41. The monoisotopic (exact) mass is 329 g/mol. The van der Waals surface area contributed by atoms with Crippen LogP contribution in [0, 0.1) is 5.92 Å². The number of benzene rings is 1. The highest BCUT2D eigenvalue weighted by Gasteiger charge is 2.30. The molecule has 1 aromatic rings. The van der Waals surface area contributed by atoms with Crippen LogP contribution in [0.2, 0.25) is 0 Å². The van der Waals surface area contributed by atoms with Gasteiger partial charge >= 0.3 is 0 Å². The van der Waals surface area contributed by atoms with E-state index in [1.165, 1.54) is 11.1 Å². The van der Waals surface area contributed by atoms with Crippen molar-refractivity contribution in [2.45, 2.75) is 58.2 Å². The molecule has 1 atom stereocenters. The third-order valence-corrected chi connectivity index (χ3v) is 5.50. The number of piperidine rings is 1. The Morgan fingerprint density at radius 3 is 2.50 bits per heavy atom. The van der Waals surface area contributed by atoms with E-state index in [2.05, 4.69) is 43.0 Å². The Bertz CT molecular complexity index is 564. The maximum atomic E-state index is 12.5. The Kier molecular flexibility index (Phi) is 5.57. The van der Waals surface area contributed by atoms with E-state index >= 15 is 0 Å². The highest BCUT2D eigenvalue weighted by molar-refractivity contribution is 5.81. The van der Waals surface area contributed by atoms with E-state index in [0.29, 0.717) is 12.0 Å². The SMILES string of the molecule is CC(C)C[C@H](N)C(=O)N1CCC(N2CCc3ccccc3C2)CC1. The number of nitrogens with zero attached hydrogens (tertiary/aromatic N) is 2. The predicted molar refractivity (Wildman–Crippen MR) is 97.6 cm³/mol. The number of fused-ring (bicyclic) bond motifs is 1. The summed E-state index contributed by atoms with van der Waals surface area (Å²) in [5.41, 5.74) is 9.05. The Morgan fingerprint density at radius 1 is 1.17 bits per heavy atom. The number of likely N-dealkylation sites (tertiary alicyclic amines) is 1. The van der Waals surface area contributed by atoms with Gasteiger partial charge in [0.1, 0.15) is 0 Å². The van der Waals surface area contributed by atoms with Gasteiger partial charge in [-0.15, -0.1) is 0 Å². The molecule has 24 heavy (non-hydrogen) atoms. The molecule has 1 aromatic carbocycles. The second kappa shape index (κ2) is 7.66. The number of carbonyl (C=O) groups is 1. The number of nitrogens with two attached hydrogens (primary N) is 1. The highest BCUT2D eigenvalue weighted by atomic mass is 16.2. The van der Waals surface area contributed by atoms with Crippen LogP contribution < -0.4 is 5.73 Å². The van der Waals surface area contributed by atoms with Crippen LogP contribution in [0.3, 0.4) is 0 Å². The molecular weight excluding hydrogens is 298 g/mol. The molecule has 1 amide bonds. The van der Waals surface area contributed by atoms with Crippen molar-refractivity contribution in [1.82, 2.24) is 9.80 Å². The van der Waals surface area contributed by atoms with Gasteiger partial charge < -0.3 is 10.6 Å². The molecule has 0 aliphatic carbocycles. The van der Waals surface area contributed by atoms with E-state index in [0.717, 1.165) is 51.9 Å².